The summed E-state index contributed by atoms with van der Waals surface area (Å²) in [6.07, 6.45) is 3.34. The van der Waals surface area contributed by atoms with E-state index in [1.54, 1.807) is 23.4 Å². The van der Waals surface area contributed by atoms with Gasteiger partial charge in [-0.1, -0.05) is 6.07 Å². The Hall–Kier alpha value is -1.95. The molecule has 0 bridgehead atoms. The molecule has 1 rings (SSSR count). The third kappa shape index (κ3) is 5.95. The van der Waals surface area contributed by atoms with Gasteiger partial charge in [0.25, 0.3) is 0 Å². The van der Waals surface area contributed by atoms with Crippen LogP contribution in [0.4, 0.5) is 0 Å². The van der Waals surface area contributed by atoms with Gasteiger partial charge in [0.05, 0.1) is 12.8 Å². The zero-order chi connectivity index (χ0) is 13.4. The van der Waals surface area contributed by atoms with Crippen molar-refractivity contribution in [2.75, 3.05) is 13.1 Å². The van der Waals surface area contributed by atoms with Crippen LogP contribution in [0.15, 0.2) is 24.5 Å². The summed E-state index contributed by atoms with van der Waals surface area (Å²) in [7, 11) is 0. The van der Waals surface area contributed by atoms with Crippen LogP contribution in [-0.4, -0.2) is 45.1 Å². The molecule has 1 aromatic rings. The minimum absolute atomic E-state index is 0.000118. The largest absolute Gasteiger partial charge is 0.481 e. The Morgan fingerprint density at radius 1 is 1.17 bits per heavy atom. The van der Waals surface area contributed by atoms with Gasteiger partial charge in [-0.25, -0.2) is 0 Å². The summed E-state index contributed by atoms with van der Waals surface area (Å²) in [6.45, 7) is 1.17. The number of aromatic nitrogens is 1. The fraction of sp³-hybridized carbons (Fsp3) is 0.417. The number of nitrogens with zero attached hydrogens (tertiary/aromatic N) is 2. The minimum Gasteiger partial charge on any atom is -0.481 e. The van der Waals surface area contributed by atoms with Gasteiger partial charge < -0.3 is 10.2 Å². The zero-order valence-electron chi connectivity index (χ0n) is 9.95. The van der Waals surface area contributed by atoms with Gasteiger partial charge in [-0.2, -0.15) is 0 Å². The molecule has 1 heterocycles. The predicted octanol–water partition coefficient (Wildman–Crippen LogP) is 0.833. The number of hydrogen-bond acceptors (Lipinski definition) is 4. The Balaban J connectivity index is 2.53. The van der Waals surface area contributed by atoms with Crippen LogP contribution in [0.5, 0.6) is 0 Å². The van der Waals surface area contributed by atoms with E-state index in [0.29, 0.717) is 19.6 Å². The van der Waals surface area contributed by atoms with Crippen molar-refractivity contribution in [3.05, 3.63) is 30.1 Å². The summed E-state index contributed by atoms with van der Waals surface area (Å²) in [6, 6.07) is 3.67. The lowest BCUT2D eigenvalue weighted by Crippen LogP contribution is -2.28. The van der Waals surface area contributed by atoms with Crippen molar-refractivity contribution in [2.45, 2.75) is 19.4 Å². The van der Waals surface area contributed by atoms with Crippen LogP contribution in [0.1, 0.15) is 18.4 Å². The Labute approximate surface area is 105 Å². The van der Waals surface area contributed by atoms with E-state index in [0.717, 1.165) is 5.56 Å². The van der Waals surface area contributed by atoms with E-state index in [4.69, 9.17) is 10.2 Å². The quantitative estimate of drug-likeness (QED) is 0.712. The molecule has 0 atom stereocenters. The fourth-order valence-corrected chi connectivity index (χ4v) is 1.53. The molecule has 0 spiro atoms. The fourth-order valence-electron chi connectivity index (χ4n) is 1.53. The molecule has 0 aliphatic heterocycles. The van der Waals surface area contributed by atoms with E-state index >= 15 is 0 Å². The SMILES string of the molecule is O=C(O)CCN(CCC(=O)O)Cc1cccnc1. The second kappa shape index (κ2) is 7.39. The van der Waals surface area contributed by atoms with Crippen molar-refractivity contribution in [1.82, 2.24) is 9.88 Å². The smallest absolute Gasteiger partial charge is 0.304 e. The number of carboxylic acid groups (broad SMARTS) is 2. The van der Waals surface area contributed by atoms with Crippen LogP contribution in [-0.2, 0) is 16.1 Å². The number of aliphatic carboxylic acids is 2. The molecule has 0 aliphatic rings. The molecule has 18 heavy (non-hydrogen) atoms. The number of carboxylic acids is 2. The minimum atomic E-state index is -0.887. The molecule has 0 aliphatic carbocycles. The Bertz CT molecular complexity index is 376. The van der Waals surface area contributed by atoms with Crippen LogP contribution in [0.2, 0.25) is 0 Å². The number of hydrogen-bond donors (Lipinski definition) is 2. The predicted molar refractivity (Wildman–Crippen MR) is 64.0 cm³/mol. The maximum atomic E-state index is 10.5. The Kier molecular flexibility index (Phi) is 5.79. The second-order valence-electron chi connectivity index (χ2n) is 3.92. The molecule has 0 radical (unpaired) electrons. The van der Waals surface area contributed by atoms with Crippen LogP contribution < -0.4 is 0 Å². The average molecular weight is 252 g/mol. The first-order chi connectivity index (χ1) is 8.58. The molecule has 0 saturated carbocycles. The lowest BCUT2D eigenvalue weighted by molar-refractivity contribution is -0.137. The highest BCUT2D eigenvalue weighted by molar-refractivity contribution is 5.67. The molecule has 0 fully saturated rings. The molecule has 6 heteroatoms. The first kappa shape index (κ1) is 14.1. The van der Waals surface area contributed by atoms with Crippen LogP contribution in [0.3, 0.4) is 0 Å². The molecule has 0 aromatic carbocycles. The normalized spacial score (nSPS) is 10.5. The topological polar surface area (TPSA) is 90.7 Å². The molecule has 1 aromatic heterocycles. The van der Waals surface area contributed by atoms with Gasteiger partial charge in [0.15, 0.2) is 0 Å². The molecule has 6 nitrogen and oxygen atoms in total. The molecule has 0 amide bonds. The van der Waals surface area contributed by atoms with Crippen molar-refractivity contribution in [2.24, 2.45) is 0 Å². The van der Waals surface area contributed by atoms with Gasteiger partial charge in [0.2, 0.25) is 0 Å². The number of rotatable bonds is 8. The summed E-state index contributed by atoms with van der Waals surface area (Å²) < 4.78 is 0. The van der Waals surface area contributed by atoms with E-state index < -0.39 is 11.9 Å². The van der Waals surface area contributed by atoms with E-state index in [9.17, 15) is 9.59 Å². The average Bonchev–Trinajstić information content (AvgIpc) is 2.33. The molecular formula is C12H16N2O4. The second-order valence-corrected chi connectivity index (χ2v) is 3.92. The van der Waals surface area contributed by atoms with Crippen molar-refractivity contribution < 1.29 is 19.8 Å². The summed E-state index contributed by atoms with van der Waals surface area (Å²) in [5.41, 5.74) is 0.938. The van der Waals surface area contributed by atoms with E-state index in [-0.39, 0.29) is 12.8 Å². The highest BCUT2D eigenvalue weighted by Crippen LogP contribution is 2.04. The van der Waals surface area contributed by atoms with Crippen molar-refractivity contribution in [3.63, 3.8) is 0 Å². The highest BCUT2D eigenvalue weighted by atomic mass is 16.4. The highest BCUT2D eigenvalue weighted by Gasteiger charge is 2.10. The lowest BCUT2D eigenvalue weighted by Gasteiger charge is -2.20. The maximum absolute atomic E-state index is 10.5. The number of carbonyl (C=O) groups is 2. The van der Waals surface area contributed by atoms with E-state index in [1.165, 1.54) is 0 Å². The van der Waals surface area contributed by atoms with Gasteiger partial charge >= 0.3 is 11.9 Å². The van der Waals surface area contributed by atoms with Crippen molar-refractivity contribution in [3.8, 4) is 0 Å². The third-order valence-corrected chi connectivity index (χ3v) is 2.41. The summed E-state index contributed by atoms with van der Waals surface area (Å²) in [5.74, 6) is -1.77. The van der Waals surface area contributed by atoms with E-state index in [2.05, 4.69) is 4.98 Å². The first-order valence-electron chi connectivity index (χ1n) is 5.63. The third-order valence-electron chi connectivity index (χ3n) is 2.41. The molecule has 0 saturated heterocycles. The van der Waals surface area contributed by atoms with Crippen LogP contribution in [0, 0.1) is 0 Å². The first-order valence-corrected chi connectivity index (χ1v) is 5.63. The summed E-state index contributed by atoms with van der Waals surface area (Å²) >= 11 is 0. The van der Waals surface area contributed by atoms with Crippen LogP contribution >= 0.6 is 0 Å². The lowest BCUT2D eigenvalue weighted by atomic mass is 10.2. The molecule has 2 N–H and O–H groups in total. The Morgan fingerprint density at radius 3 is 2.22 bits per heavy atom. The van der Waals surface area contributed by atoms with Gasteiger partial charge in [-0.05, 0) is 11.6 Å². The monoisotopic (exact) mass is 252 g/mol. The van der Waals surface area contributed by atoms with Crippen LogP contribution in [0.25, 0.3) is 0 Å². The van der Waals surface area contributed by atoms with Crippen molar-refractivity contribution in [1.29, 1.82) is 0 Å². The van der Waals surface area contributed by atoms with Gasteiger partial charge in [0, 0.05) is 32.0 Å². The zero-order valence-corrected chi connectivity index (χ0v) is 9.95. The Morgan fingerprint density at radius 2 is 1.78 bits per heavy atom. The number of pyridine rings is 1. The van der Waals surface area contributed by atoms with Gasteiger partial charge in [-0.3, -0.25) is 19.5 Å². The summed E-state index contributed by atoms with van der Waals surface area (Å²) in [4.78, 5) is 26.9. The molecular weight excluding hydrogens is 236 g/mol. The van der Waals surface area contributed by atoms with Gasteiger partial charge in [-0.15, -0.1) is 0 Å². The molecule has 0 unspecified atom stereocenters. The summed E-state index contributed by atoms with van der Waals surface area (Å²) in [5, 5.41) is 17.3. The van der Waals surface area contributed by atoms with E-state index in [1.807, 2.05) is 6.07 Å². The standard InChI is InChI=1S/C12H16N2O4/c15-11(16)3-6-14(7-4-12(17)18)9-10-2-1-5-13-8-10/h1-2,5,8H,3-4,6-7,9H2,(H,15,16)(H,17,18). The van der Waals surface area contributed by atoms with Crippen molar-refractivity contribution >= 4 is 11.9 Å². The van der Waals surface area contributed by atoms with Gasteiger partial charge in [0.1, 0.15) is 0 Å². The maximum Gasteiger partial charge on any atom is 0.304 e. The molecule has 98 valence electrons.